The van der Waals surface area contributed by atoms with E-state index in [1.54, 1.807) is 0 Å². The van der Waals surface area contributed by atoms with E-state index in [0.29, 0.717) is 11.5 Å². The van der Waals surface area contributed by atoms with Gasteiger partial charge in [0, 0.05) is 0 Å². The quantitative estimate of drug-likeness (QED) is 0.589. The summed E-state index contributed by atoms with van der Waals surface area (Å²) in [5.74, 6) is 0.951. The molecule has 1 fully saturated rings. The zero-order chi connectivity index (χ0) is 15.2. The molecule has 21 heavy (non-hydrogen) atoms. The van der Waals surface area contributed by atoms with Crippen LogP contribution in [0, 0.1) is 11.8 Å². The van der Waals surface area contributed by atoms with E-state index < -0.39 is 5.97 Å². The van der Waals surface area contributed by atoms with Crippen molar-refractivity contribution in [3.8, 4) is 0 Å². The van der Waals surface area contributed by atoms with Gasteiger partial charge in [-0.3, -0.25) is 4.89 Å². The van der Waals surface area contributed by atoms with Crippen LogP contribution in [-0.4, -0.2) is 12.1 Å². The third-order valence-electron chi connectivity index (χ3n) is 4.54. The topological polar surface area (TPSA) is 35.5 Å². The molecule has 1 aliphatic carbocycles. The Labute approximate surface area is 127 Å². The molecular formula is C18H26O3. The van der Waals surface area contributed by atoms with Gasteiger partial charge in [0.1, 0.15) is 6.10 Å². The lowest BCUT2D eigenvalue weighted by Crippen LogP contribution is -2.27. The zero-order valence-corrected chi connectivity index (χ0v) is 13.3. The molecule has 0 saturated heterocycles. The first kappa shape index (κ1) is 16.0. The Balaban J connectivity index is 1.81. The Morgan fingerprint density at radius 1 is 1.14 bits per heavy atom. The fourth-order valence-electron chi connectivity index (χ4n) is 2.84. The van der Waals surface area contributed by atoms with Crippen molar-refractivity contribution >= 4 is 5.97 Å². The second-order valence-electron chi connectivity index (χ2n) is 6.30. The van der Waals surface area contributed by atoms with Crippen LogP contribution in [0.1, 0.15) is 62.4 Å². The Hall–Kier alpha value is -1.35. The average Bonchev–Trinajstić information content (AvgIpc) is 2.49. The van der Waals surface area contributed by atoms with Gasteiger partial charge >= 0.3 is 5.97 Å². The normalized spacial score (nSPS) is 25.6. The first-order valence-corrected chi connectivity index (χ1v) is 8.06. The molecule has 0 radical (unpaired) electrons. The Kier molecular flexibility index (Phi) is 5.80. The highest BCUT2D eigenvalue weighted by molar-refractivity contribution is 5.88. The van der Waals surface area contributed by atoms with Gasteiger partial charge in [-0.2, -0.15) is 4.89 Å². The molecule has 3 unspecified atom stereocenters. The van der Waals surface area contributed by atoms with Gasteiger partial charge in [-0.05, 0) is 55.2 Å². The molecule has 0 N–H and O–H groups in total. The van der Waals surface area contributed by atoms with Crippen molar-refractivity contribution in [2.24, 2.45) is 11.8 Å². The van der Waals surface area contributed by atoms with Gasteiger partial charge < -0.3 is 0 Å². The summed E-state index contributed by atoms with van der Waals surface area (Å²) in [4.78, 5) is 22.3. The molecule has 3 nitrogen and oxygen atoms in total. The molecule has 116 valence electrons. The maximum absolute atomic E-state index is 12.0. The molecular weight excluding hydrogens is 264 g/mol. The first-order valence-electron chi connectivity index (χ1n) is 8.06. The summed E-state index contributed by atoms with van der Waals surface area (Å²) in [7, 11) is 0. The molecule has 3 heteroatoms. The number of carbonyl (C=O) groups excluding carboxylic acids is 1. The summed E-state index contributed by atoms with van der Waals surface area (Å²) >= 11 is 0. The molecule has 1 aromatic carbocycles. The monoisotopic (exact) mass is 290 g/mol. The van der Waals surface area contributed by atoms with Gasteiger partial charge in [0.25, 0.3) is 0 Å². The van der Waals surface area contributed by atoms with Gasteiger partial charge in [-0.15, -0.1) is 0 Å². The maximum Gasteiger partial charge on any atom is 0.373 e. The van der Waals surface area contributed by atoms with E-state index >= 15 is 0 Å². The lowest BCUT2D eigenvalue weighted by atomic mass is 9.80. The summed E-state index contributed by atoms with van der Waals surface area (Å²) < 4.78 is 0. The summed E-state index contributed by atoms with van der Waals surface area (Å²) in [6.45, 7) is 6.64. The third-order valence-corrected chi connectivity index (χ3v) is 4.54. The van der Waals surface area contributed by atoms with Crippen LogP contribution in [0.3, 0.4) is 0 Å². The van der Waals surface area contributed by atoms with E-state index in [4.69, 9.17) is 9.78 Å². The molecule has 0 aromatic heterocycles. The van der Waals surface area contributed by atoms with Crippen LogP contribution >= 0.6 is 0 Å². The Morgan fingerprint density at radius 2 is 1.86 bits per heavy atom. The van der Waals surface area contributed by atoms with E-state index in [1.807, 2.05) is 24.3 Å². The largest absolute Gasteiger partial charge is 0.373 e. The van der Waals surface area contributed by atoms with Crippen molar-refractivity contribution in [3.05, 3.63) is 35.4 Å². The van der Waals surface area contributed by atoms with E-state index in [1.165, 1.54) is 5.56 Å². The van der Waals surface area contributed by atoms with Crippen LogP contribution in [0.15, 0.2) is 24.3 Å². The lowest BCUT2D eigenvalue weighted by Gasteiger charge is -2.30. The minimum atomic E-state index is -0.399. The third kappa shape index (κ3) is 4.57. The minimum absolute atomic E-state index is 0.0412. The van der Waals surface area contributed by atoms with Crippen molar-refractivity contribution in [2.45, 2.75) is 59.0 Å². The number of hydrogen-bond acceptors (Lipinski definition) is 3. The van der Waals surface area contributed by atoms with Crippen LogP contribution < -0.4 is 0 Å². The summed E-state index contributed by atoms with van der Waals surface area (Å²) in [6.07, 6.45) is 5.24. The van der Waals surface area contributed by atoms with Crippen molar-refractivity contribution in [1.82, 2.24) is 0 Å². The fraction of sp³-hybridized carbons (Fsp3) is 0.611. The second kappa shape index (κ2) is 7.60. The van der Waals surface area contributed by atoms with Crippen LogP contribution in [0.4, 0.5) is 0 Å². The SMILES string of the molecule is CCCc1ccc(C(=O)OOC2CCC(C)C(C)C2)cc1. The highest BCUT2D eigenvalue weighted by Gasteiger charge is 2.26. The maximum atomic E-state index is 12.0. The smallest absolute Gasteiger partial charge is 0.293 e. The summed E-state index contributed by atoms with van der Waals surface area (Å²) in [5, 5.41) is 0. The van der Waals surface area contributed by atoms with Gasteiger partial charge in [-0.25, -0.2) is 4.79 Å². The molecule has 3 atom stereocenters. The number of rotatable bonds is 5. The van der Waals surface area contributed by atoms with E-state index in [-0.39, 0.29) is 6.10 Å². The molecule has 0 amide bonds. The molecule has 0 aliphatic heterocycles. The molecule has 1 saturated carbocycles. The summed E-state index contributed by atoms with van der Waals surface area (Å²) in [5.41, 5.74) is 1.79. The van der Waals surface area contributed by atoms with Crippen molar-refractivity contribution in [2.75, 3.05) is 0 Å². The van der Waals surface area contributed by atoms with Gasteiger partial charge in [-0.1, -0.05) is 39.3 Å². The van der Waals surface area contributed by atoms with Crippen molar-refractivity contribution < 1.29 is 14.6 Å². The minimum Gasteiger partial charge on any atom is -0.293 e. The molecule has 1 aromatic rings. The molecule has 0 heterocycles. The molecule has 2 rings (SSSR count). The van der Waals surface area contributed by atoms with Crippen LogP contribution in [0.5, 0.6) is 0 Å². The van der Waals surface area contributed by atoms with Crippen LogP contribution in [-0.2, 0) is 16.2 Å². The zero-order valence-electron chi connectivity index (χ0n) is 13.3. The standard InChI is InChI=1S/C18H26O3/c1-4-5-15-7-9-16(10-8-15)18(19)21-20-17-11-6-13(2)14(3)12-17/h7-10,13-14,17H,4-6,11-12H2,1-3H3. The highest BCUT2D eigenvalue weighted by Crippen LogP contribution is 2.31. The predicted molar refractivity (Wildman–Crippen MR) is 82.9 cm³/mol. The van der Waals surface area contributed by atoms with E-state index in [9.17, 15) is 4.79 Å². The van der Waals surface area contributed by atoms with Gasteiger partial charge in [0.2, 0.25) is 0 Å². The molecule has 0 bridgehead atoms. The highest BCUT2D eigenvalue weighted by atomic mass is 17.2. The van der Waals surface area contributed by atoms with Gasteiger partial charge in [0.05, 0.1) is 5.56 Å². The van der Waals surface area contributed by atoms with Crippen LogP contribution in [0.2, 0.25) is 0 Å². The van der Waals surface area contributed by atoms with Gasteiger partial charge in [0.15, 0.2) is 0 Å². The predicted octanol–water partition coefficient (Wildman–Crippen LogP) is 4.55. The number of carbonyl (C=O) groups is 1. The first-order chi connectivity index (χ1) is 10.1. The fourth-order valence-corrected chi connectivity index (χ4v) is 2.84. The van der Waals surface area contributed by atoms with Crippen molar-refractivity contribution in [1.29, 1.82) is 0 Å². The molecule has 1 aliphatic rings. The average molecular weight is 290 g/mol. The Bertz CT molecular complexity index is 452. The Morgan fingerprint density at radius 3 is 2.48 bits per heavy atom. The lowest BCUT2D eigenvalue weighted by molar-refractivity contribution is -0.283. The number of benzene rings is 1. The number of hydrogen-bond donors (Lipinski definition) is 0. The number of aryl methyl sites for hydroxylation is 1. The molecule has 0 spiro atoms. The van der Waals surface area contributed by atoms with Crippen molar-refractivity contribution in [3.63, 3.8) is 0 Å². The summed E-state index contributed by atoms with van der Waals surface area (Å²) in [6, 6.07) is 7.57. The van der Waals surface area contributed by atoms with E-state index in [0.717, 1.165) is 38.0 Å². The second-order valence-corrected chi connectivity index (χ2v) is 6.30. The van der Waals surface area contributed by atoms with E-state index in [2.05, 4.69) is 20.8 Å². The van der Waals surface area contributed by atoms with Crippen LogP contribution in [0.25, 0.3) is 0 Å².